The lowest BCUT2D eigenvalue weighted by molar-refractivity contribution is 0.00578. The third kappa shape index (κ3) is 2.38. The van der Waals surface area contributed by atoms with Crippen molar-refractivity contribution in [1.29, 1.82) is 0 Å². The number of rotatable bonds is 2. The van der Waals surface area contributed by atoms with E-state index in [0.717, 1.165) is 25.0 Å². The van der Waals surface area contributed by atoms with Gasteiger partial charge in [-0.1, -0.05) is 0 Å². The van der Waals surface area contributed by atoms with Crippen molar-refractivity contribution in [2.24, 2.45) is 0 Å². The average Bonchev–Trinajstić information content (AvgIpc) is 2.48. The van der Waals surface area contributed by atoms with E-state index in [1.54, 1.807) is 7.11 Å². The van der Waals surface area contributed by atoms with E-state index in [0.29, 0.717) is 5.82 Å². The van der Waals surface area contributed by atoms with Crippen molar-refractivity contribution >= 4 is 7.12 Å². The van der Waals surface area contributed by atoms with Gasteiger partial charge in [0.25, 0.3) is 0 Å². The van der Waals surface area contributed by atoms with Crippen LogP contribution in [0.25, 0.3) is 0 Å². The molecule has 1 unspecified atom stereocenters. The standard InChI is InChI=1S/C13H23BO3/c1-12(2)13(3,4)17-14(16-12)10-7-6-8-11(9-10)15-5/h9-10H,6-8H2,1-5H3. The van der Waals surface area contributed by atoms with Crippen molar-refractivity contribution in [2.75, 3.05) is 7.11 Å². The van der Waals surface area contributed by atoms with Crippen LogP contribution in [-0.4, -0.2) is 25.4 Å². The molecule has 1 aliphatic heterocycles. The smallest absolute Gasteiger partial charge is 0.465 e. The molecule has 0 aromatic heterocycles. The second kappa shape index (κ2) is 4.32. The summed E-state index contributed by atoms with van der Waals surface area (Å²) < 4.78 is 17.5. The third-order valence-corrected chi connectivity index (χ3v) is 4.24. The predicted molar refractivity (Wildman–Crippen MR) is 68.8 cm³/mol. The molecule has 0 amide bonds. The van der Waals surface area contributed by atoms with Gasteiger partial charge in [0.15, 0.2) is 0 Å². The zero-order chi connectivity index (χ0) is 12.7. The molecule has 1 heterocycles. The van der Waals surface area contributed by atoms with Crippen molar-refractivity contribution in [2.45, 2.75) is 64.0 Å². The van der Waals surface area contributed by atoms with Crippen LogP contribution < -0.4 is 0 Å². The molecule has 96 valence electrons. The minimum Gasteiger partial charge on any atom is -0.501 e. The van der Waals surface area contributed by atoms with Gasteiger partial charge in [-0.15, -0.1) is 0 Å². The summed E-state index contributed by atoms with van der Waals surface area (Å²) >= 11 is 0. The third-order valence-electron chi connectivity index (χ3n) is 4.24. The summed E-state index contributed by atoms with van der Waals surface area (Å²) in [6, 6.07) is 0. The number of allylic oxidation sites excluding steroid dienone is 2. The lowest BCUT2D eigenvalue weighted by atomic mass is 9.67. The molecular weight excluding hydrogens is 215 g/mol. The first kappa shape index (κ1) is 13.0. The van der Waals surface area contributed by atoms with Crippen LogP contribution in [0.5, 0.6) is 0 Å². The van der Waals surface area contributed by atoms with Crippen LogP contribution in [0, 0.1) is 0 Å². The predicted octanol–water partition coefficient (Wildman–Crippen LogP) is 3.16. The van der Waals surface area contributed by atoms with E-state index < -0.39 is 0 Å². The number of hydrogen-bond donors (Lipinski definition) is 0. The molecule has 2 rings (SSSR count). The zero-order valence-electron chi connectivity index (χ0n) is 11.6. The lowest BCUT2D eigenvalue weighted by Crippen LogP contribution is -2.41. The van der Waals surface area contributed by atoms with Crippen LogP contribution in [0.1, 0.15) is 47.0 Å². The molecule has 1 aliphatic carbocycles. The molecule has 0 aromatic rings. The van der Waals surface area contributed by atoms with Crippen LogP contribution >= 0.6 is 0 Å². The second-order valence-corrected chi connectivity index (χ2v) is 6.02. The minimum absolute atomic E-state index is 0.134. The van der Waals surface area contributed by atoms with Gasteiger partial charge >= 0.3 is 7.12 Å². The maximum atomic E-state index is 6.07. The molecule has 1 saturated heterocycles. The summed E-state index contributed by atoms with van der Waals surface area (Å²) in [6.07, 6.45) is 5.47. The van der Waals surface area contributed by atoms with E-state index in [9.17, 15) is 0 Å². The number of hydrogen-bond acceptors (Lipinski definition) is 3. The molecule has 0 N–H and O–H groups in total. The Morgan fingerprint density at radius 3 is 2.35 bits per heavy atom. The molecule has 1 atom stereocenters. The van der Waals surface area contributed by atoms with E-state index in [1.165, 1.54) is 0 Å². The van der Waals surface area contributed by atoms with Crippen LogP contribution in [0.2, 0.25) is 5.82 Å². The molecule has 0 saturated carbocycles. The molecular formula is C13H23BO3. The molecule has 0 spiro atoms. The van der Waals surface area contributed by atoms with Crippen LogP contribution in [0.15, 0.2) is 11.8 Å². The highest BCUT2D eigenvalue weighted by Gasteiger charge is 2.53. The van der Waals surface area contributed by atoms with Crippen molar-refractivity contribution in [3.63, 3.8) is 0 Å². The average molecular weight is 238 g/mol. The Morgan fingerprint density at radius 1 is 1.24 bits per heavy atom. The van der Waals surface area contributed by atoms with Gasteiger partial charge in [-0.05, 0) is 46.6 Å². The first-order chi connectivity index (χ1) is 7.86. The van der Waals surface area contributed by atoms with Crippen molar-refractivity contribution in [1.82, 2.24) is 0 Å². The normalized spacial score (nSPS) is 31.2. The Kier molecular flexibility index (Phi) is 3.30. The van der Waals surface area contributed by atoms with E-state index in [-0.39, 0.29) is 18.3 Å². The van der Waals surface area contributed by atoms with Gasteiger partial charge in [0.1, 0.15) is 0 Å². The fraction of sp³-hybridized carbons (Fsp3) is 0.846. The molecule has 0 bridgehead atoms. The Balaban J connectivity index is 2.11. The highest BCUT2D eigenvalue weighted by Crippen LogP contribution is 2.43. The lowest BCUT2D eigenvalue weighted by Gasteiger charge is -2.32. The maximum Gasteiger partial charge on any atom is 0.465 e. The van der Waals surface area contributed by atoms with Crippen LogP contribution in [0.3, 0.4) is 0 Å². The molecule has 2 aliphatic rings. The van der Waals surface area contributed by atoms with E-state index in [2.05, 4.69) is 33.8 Å². The number of methoxy groups -OCH3 is 1. The van der Waals surface area contributed by atoms with Gasteiger partial charge in [0.05, 0.1) is 24.1 Å². The summed E-state index contributed by atoms with van der Waals surface area (Å²) in [7, 11) is 1.60. The van der Waals surface area contributed by atoms with Crippen LogP contribution in [0.4, 0.5) is 0 Å². The van der Waals surface area contributed by atoms with E-state index >= 15 is 0 Å². The molecule has 1 fully saturated rings. The fourth-order valence-corrected chi connectivity index (χ4v) is 2.37. The Labute approximate surface area is 105 Å². The van der Waals surface area contributed by atoms with Crippen molar-refractivity contribution in [3.05, 3.63) is 11.8 Å². The van der Waals surface area contributed by atoms with Crippen molar-refractivity contribution in [3.8, 4) is 0 Å². The topological polar surface area (TPSA) is 27.7 Å². The highest BCUT2D eigenvalue weighted by molar-refractivity contribution is 6.48. The van der Waals surface area contributed by atoms with Gasteiger partial charge in [0.2, 0.25) is 0 Å². The highest BCUT2D eigenvalue weighted by atomic mass is 16.7. The van der Waals surface area contributed by atoms with Crippen molar-refractivity contribution < 1.29 is 14.0 Å². The van der Waals surface area contributed by atoms with Gasteiger partial charge in [-0.25, -0.2) is 0 Å². The zero-order valence-corrected chi connectivity index (χ0v) is 11.6. The molecule has 0 aromatic carbocycles. The monoisotopic (exact) mass is 238 g/mol. The summed E-state index contributed by atoms with van der Waals surface area (Å²) in [5.74, 6) is 1.38. The summed E-state index contributed by atoms with van der Waals surface area (Å²) in [5, 5.41) is 0. The molecule has 0 radical (unpaired) electrons. The first-order valence-corrected chi connectivity index (χ1v) is 6.46. The van der Waals surface area contributed by atoms with E-state index in [4.69, 9.17) is 14.0 Å². The summed E-state index contributed by atoms with van der Waals surface area (Å²) in [4.78, 5) is 0. The van der Waals surface area contributed by atoms with Gasteiger partial charge in [0, 0.05) is 12.2 Å². The largest absolute Gasteiger partial charge is 0.501 e. The summed E-state index contributed by atoms with van der Waals surface area (Å²) in [5.41, 5.74) is -0.480. The minimum atomic E-state index is -0.240. The van der Waals surface area contributed by atoms with Gasteiger partial charge in [-0.2, -0.15) is 0 Å². The maximum absolute atomic E-state index is 6.07. The summed E-state index contributed by atoms with van der Waals surface area (Å²) in [6.45, 7) is 8.38. The Bertz CT molecular complexity index is 307. The van der Waals surface area contributed by atoms with E-state index in [1.807, 2.05) is 0 Å². The fourth-order valence-electron chi connectivity index (χ4n) is 2.37. The van der Waals surface area contributed by atoms with Gasteiger partial charge in [-0.3, -0.25) is 0 Å². The van der Waals surface area contributed by atoms with Crippen LogP contribution in [-0.2, 0) is 14.0 Å². The van der Waals surface area contributed by atoms with Gasteiger partial charge < -0.3 is 14.0 Å². The Morgan fingerprint density at radius 2 is 1.82 bits per heavy atom. The quantitative estimate of drug-likeness (QED) is 0.691. The SMILES string of the molecule is COC1=CC(B2OC(C)(C)C(C)(C)O2)CCC1. The second-order valence-electron chi connectivity index (χ2n) is 6.02. The molecule has 3 nitrogen and oxygen atoms in total. The number of ether oxygens (including phenoxy) is 1. The first-order valence-electron chi connectivity index (χ1n) is 6.46. The molecule has 4 heteroatoms. The Hall–Kier alpha value is -0.475. The molecule has 17 heavy (non-hydrogen) atoms.